The average Bonchev–Trinajstić information content (AvgIpc) is 3.21. The van der Waals surface area contributed by atoms with Crippen molar-refractivity contribution in [3.8, 4) is 5.75 Å². The molecule has 37 heavy (non-hydrogen) atoms. The van der Waals surface area contributed by atoms with Crippen molar-refractivity contribution in [2.24, 2.45) is 17.8 Å². The fourth-order valence-corrected chi connectivity index (χ4v) is 7.87. The Labute approximate surface area is 227 Å². The number of imide groups is 2. The van der Waals surface area contributed by atoms with Crippen molar-refractivity contribution < 1.29 is 24.3 Å². The summed E-state index contributed by atoms with van der Waals surface area (Å²) >= 11 is 20.4. The van der Waals surface area contributed by atoms with Gasteiger partial charge >= 0.3 is 0 Å². The number of carbonyl (C=O) groups excluding carboxylic acids is 4. The summed E-state index contributed by atoms with van der Waals surface area (Å²) in [6.45, 7) is 0. The number of likely N-dealkylation sites (tertiary alicyclic amines) is 1. The van der Waals surface area contributed by atoms with Crippen molar-refractivity contribution in [3.05, 3.63) is 70.8 Å². The first-order valence-electron chi connectivity index (χ1n) is 11.8. The number of carbonyl (C=O) groups is 4. The molecule has 2 aromatic rings. The lowest BCUT2D eigenvalue weighted by Crippen LogP contribution is -2.60. The zero-order valence-electron chi connectivity index (χ0n) is 19.5. The van der Waals surface area contributed by atoms with E-state index in [2.05, 4.69) is 0 Å². The molecule has 0 unspecified atom stereocenters. The van der Waals surface area contributed by atoms with E-state index in [4.69, 9.17) is 34.8 Å². The number of nitrogens with zero attached hydrogens (tertiary/aromatic N) is 2. The number of anilines is 1. The topological polar surface area (TPSA) is 95.0 Å². The number of fused-ring (bicyclic) bond motifs is 4. The second-order valence-electron chi connectivity index (χ2n) is 10.0. The van der Waals surface area contributed by atoms with Crippen molar-refractivity contribution in [1.29, 1.82) is 0 Å². The van der Waals surface area contributed by atoms with Crippen LogP contribution in [-0.4, -0.2) is 50.4 Å². The molecular weight excluding hydrogens is 539 g/mol. The fourth-order valence-electron chi connectivity index (χ4n) is 6.68. The highest BCUT2D eigenvalue weighted by molar-refractivity contribution is 6.53. The number of aromatic hydroxyl groups is 1. The number of phenolic OH excluding ortho intramolecular Hbond substituents is 1. The van der Waals surface area contributed by atoms with Gasteiger partial charge in [0, 0.05) is 23.6 Å². The lowest BCUT2D eigenvalue weighted by molar-refractivity contribution is -0.138. The molecule has 1 N–H and O–H groups in total. The molecule has 2 aliphatic carbocycles. The van der Waals surface area contributed by atoms with Crippen LogP contribution in [0.4, 0.5) is 5.69 Å². The number of amides is 4. The van der Waals surface area contributed by atoms with Gasteiger partial charge in [0.25, 0.3) is 11.8 Å². The molecule has 0 radical (unpaired) electrons. The van der Waals surface area contributed by atoms with Crippen LogP contribution in [0.5, 0.6) is 5.75 Å². The predicted octanol–water partition coefficient (Wildman–Crippen LogP) is 4.24. The van der Waals surface area contributed by atoms with E-state index >= 15 is 0 Å². The van der Waals surface area contributed by atoms with Crippen LogP contribution >= 0.6 is 34.8 Å². The normalized spacial score (nSPS) is 34.9. The van der Waals surface area contributed by atoms with Gasteiger partial charge in [-0.05, 0) is 49.1 Å². The van der Waals surface area contributed by atoms with Gasteiger partial charge in [-0.15, -0.1) is 23.2 Å². The number of allylic oxidation sites excluding steroid dienone is 2. The molecule has 3 fully saturated rings. The summed E-state index contributed by atoms with van der Waals surface area (Å²) in [4.78, 5) is 52.4. The van der Waals surface area contributed by atoms with Crippen molar-refractivity contribution in [2.75, 3.05) is 11.9 Å². The molecule has 4 amide bonds. The maximum absolute atomic E-state index is 13.8. The van der Waals surface area contributed by atoms with Crippen LogP contribution in [0.1, 0.15) is 24.3 Å². The monoisotopic (exact) mass is 558 g/mol. The Morgan fingerprint density at radius 3 is 2.35 bits per heavy atom. The molecule has 2 aliphatic heterocycles. The van der Waals surface area contributed by atoms with Crippen LogP contribution in [0, 0.1) is 17.8 Å². The molecule has 2 heterocycles. The number of alkyl halides is 2. The van der Waals surface area contributed by atoms with Crippen LogP contribution in [0.25, 0.3) is 0 Å². The van der Waals surface area contributed by atoms with Crippen LogP contribution in [0.15, 0.2) is 60.2 Å². The highest BCUT2D eigenvalue weighted by Crippen LogP contribution is 2.66. The zero-order valence-corrected chi connectivity index (χ0v) is 21.8. The molecule has 2 aromatic carbocycles. The number of halogens is 3. The number of phenols is 1. The van der Waals surface area contributed by atoms with Gasteiger partial charge in [0.2, 0.25) is 11.8 Å². The van der Waals surface area contributed by atoms with E-state index in [0.29, 0.717) is 11.3 Å². The standard InChI is InChI=1S/C27H21Cl3N2O5/c1-31-24(36)26(29)12-18-15(21(27(26,30)25(31)37)17-11-13(28)7-10-19(17)33)8-9-16-20(18)23(35)32(22(16)34)14-5-3-2-4-6-14/h2-8,10-11,16,18,20-21,33H,9,12H2,1H3/t16-,18+,20-,21+,26+,27-/m0/s1. The number of para-hydroxylation sites is 1. The first kappa shape index (κ1) is 24.5. The molecular formula is C27H21Cl3N2O5. The maximum Gasteiger partial charge on any atom is 0.253 e. The smallest absolute Gasteiger partial charge is 0.253 e. The number of rotatable bonds is 2. The summed E-state index contributed by atoms with van der Waals surface area (Å²) in [5.41, 5.74) is 1.29. The van der Waals surface area contributed by atoms with Gasteiger partial charge in [-0.2, -0.15) is 0 Å². The molecule has 10 heteroatoms. The minimum Gasteiger partial charge on any atom is -0.508 e. The minimum atomic E-state index is -1.97. The summed E-state index contributed by atoms with van der Waals surface area (Å²) in [5, 5.41) is 11.1. The molecule has 7 nitrogen and oxygen atoms in total. The third kappa shape index (κ3) is 3.02. The van der Waals surface area contributed by atoms with E-state index < -0.39 is 51.1 Å². The Morgan fingerprint density at radius 1 is 0.946 bits per heavy atom. The van der Waals surface area contributed by atoms with Crippen LogP contribution in [0.3, 0.4) is 0 Å². The molecule has 4 aliphatic rings. The van der Waals surface area contributed by atoms with E-state index in [0.717, 1.165) is 4.90 Å². The van der Waals surface area contributed by atoms with Crippen LogP contribution in [-0.2, 0) is 19.2 Å². The summed E-state index contributed by atoms with van der Waals surface area (Å²) in [7, 11) is 1.31. The van der Waals surface area contributed by atoms with Gasteiger partial charge in [-0.25, -0.2) is 0 Å². The van der Waals surface area contributed by atoms with Crippen molar-refractivity contribution >= 4 is 64.1 Å². The SMILES string of the molecule is CN1C(=O)[C@]2(Cl)C[C@@H]3C(=CC[C@@H]4C(=O)N(c5ccccc5)C(=O)[C@@H]43)[C@H](c3cc(Cl)ccc3O)[C@]2(Cl)C1=O. The Hall–Kier alpha value is -2.87. The Balaban J connectivity index is 1.55. The highest BCUT2D eigenvalue weighted by atomic mass is 35.5. The molecule has 1 saturated carbocycles. The third-order valence-corrected chi connectivity index (χ3v) is 9.98. The summed E-state index contributed by atoms with van der Waals surface area (Å²) in [5.74, 6) is -5.44. The molecule has 0 aromatic heterocycles. The predicted molar refractivity (Wildman–Crippen MR) is 138 cm³/mol. The fraction of sp³-hybridized carbons (Fsp3) is 0.333. The lowest BCUT2D eigenvalue weighted by atomic mass is 9.56. The van der Waals surface area contributed by atoms with Crippen molar-refractivity contribution in [3.63, 3.8) is 0 Å². The number of hydrogen-bond acceptors (Lipinski definition) is 5. The third-order valence-electron chi connectivity index (χ3n) is 8.33. The Bertz CT molecular complexity index is 1430. The quantitative estimate of drug-likeness (QED) is 0.337. The molecule has 6 rings (SSSR count). The van der Waals surface area contributed by atoms with Crippen LogP contribution < -0.4 is 4.90 Å². The summed E-state index contributed by atoms with van der Waals surface area (Å²) < 4.78 is 0. The van der Waals surface area contributed by atoms with E-state index in [1.54, 1.807) is 30.3 Å². The lowest BCUT2D eigenvalue weighted by Gasteiger charge is -2.50. The molecule has 6 atom stereocenters. The Kier molecular flexibility index (Phi) is 5.33. The van der Waals surface area contributed by atoms with E-state index in [1.165, 1.54) is 30.1 Å². The molecule has 2 saturated heterocycles. The number of hydrogen-bond donors (Lipinski definition) is 1. The maximum atomic E-state index is 13.8. The molecule has 190 valence electrons. The van der Waals surface area contributed by atoms with Crippen LogP contribution in [0.2, 0.25) is 5.02 Å². The molecule has 0 spiro atoms. The van der Waals surface area contributed by atoms with Gasteiger partial charge in [0.1, 0.15) is 5.75 Å². The summed E-state index contributed by atoms with van der Waals surface area (Å²) in [6, 6.07) is 13.0. The van der Waals surface area contributed by atoms with Crippen molar-refractivity contribution in [2.45, 2.75) is 28.5 Å². The average molecular weight is 560 g/mol. The van der Waals surface area contributed by atoms with Crippen molar-refractivity contribution in [1.82, 2.24) is 4.90 Å². The number of benzene rings is 2. The first-order chi connectivity index (χ1) is 17.5. The van der Waals surface area contributed by atoms with Gasteiger partial charge in [-0.3, -0.25) is 29.0 Å². The van der Waals surface area contributed by atoms with Gasteiger partial charge in [0.05, 0.1) is 17.5 Å². The Morgan fingerprint density at radius 2 is 1.65 bits per heavy atom. The highest BCUT2D eigenvalue weighted by Gasteiger charge is 2.76. The summed E-state index contributed by atoms with van der Waals surface area (Å²) in [6.07, 6.45) is 1.94. The second kappa shape index (κ2) is 8.06. The van der Waals surface area contributed by atoms with E-state index in [-0.39, 0.29) is 35.1 Å². The zero-order chi connectivity index (χ0) is 26.4. The van der Waals surface area contributed by atoms with Gasteiger partial charge < -0.3 is 5.11 Å². The van der Waals surface area contributed by atoms with E-state index in [1.807, 2.05) is 6.08 Å². The second-order valence-corrected chi connectivity index (χ2v) is 11.7. The minimum absolute atomic E-state index is 0.112. The van der Waals surface area contributed by atoms with Gasteiger partial charge in [0.15, 0.2) is 9.75 Å². The first-order valence-corrected chi connectivity index (χ1v) is 13.0. The molecule has 0 bridgehead atoms. The van der Waals surface area contributed by atoms with Gasteiger partial charge in [-0.1, -0.05) is 41.4 Å². The van der Waals surface area contributed by atoms with E-state index in [9.17, 15) is 24.3 Å². The largest absolute Gasteiger partial charge is 0.508 e.